The number of rotatable bonds is 2. The van der Waals surface area contributed by atoms with Crippen LogP contribution in [0.15, 0.2) is 36.0 Å². The lowest BCUT2D eigenvalue weighted by Gasteiger charge is -2.27. The third-order valence-corrected chi connectivity index (χ3v) is 3.28. The van der Waals surface area contributed by atoms with Crippen LogP contribution in [0.3, 0.4) is 0 Å². The number of piperidine rings is 1. The lowest BCUT2D eigenvalue weighted by atomic mass is 10.0. The molecule has 0 aromatic rings. The van der Waals surface area contributed by atoms with Gasteiger partial charge in [0.25, 0.3) is 11.8 Å². The van der Waals surface area contributed by atoms with Gasteiger partial charge in [0.2, 0.25) is 11.8 Å². The summed E-state index contributed by atoms with van der Waals surface area (Å²) in [5.74, 6) is -2.05. The zero-order chi connectivity index (χ0) is 14.9. The Balaban J connectivity index is 2.38. The number of hydrogen-bond donors (Lipinski definition) is 1. The number of nitrogens with one attached hydrogen (secondary N) is 1. The largest absolute Gasteiger partial charge is 0.295 e. The Labute approximate surface area is 115 Å². The first kappa shape index (κ1) is 13.9. The van der Waals surface area contributed by atoms with E-state index < -0.39 is 29.7 Å². The standard InChI is InChI=1S/C14H14N2O4/c1-3-5-9-8(4-2)13(19)16(14(9)20)10-6-7-11(17)15-12(10)18/h3-5,10H,1,6-7H2,2H3,(H,15,17,18)/b8-4+,9-5+/t10-/m0/s1. The number of allylic oxidation sites excluding steroid dienone is 3. The molecule has 4 amide bonds. The summed E-state index contributed by atoms with van der Waals surface area (Å²) >= 11 is 0. The molecule has 2 heterocycles. The lowest BCUT2D eigenvalue weighted by Crippen LogP contribution is -2.54. The molecule has 2 fully saturated rings. The van der Waals surface area contributed by atoms with E-state index in [1.165, 1.54) is 18.2 Å². The number of carbonyl (C=O) groups excluding carboxylic acids is 4. The Morgan fingerprint density at radius 2 is 1.85 bits per heavy atom. The van der Waals surface area contributed by atoms with Gasteiger partial charge in [0.15, 0.2) is 0 Å². The van der Waals surface area contributed by atoms with E-state index in [0.29, 0.717) is 0 Å². The summed E-state index contributed by atoms with van der Waals surface area (Å²) in [6.07, 6.45) is 4.65. The molecule has 6 heteroatoms. The molecule has 1 atom stereocenters. The highest BCUT2D eigenvalue weighted by Gasteiger charge is 2.45. The molecular weight excluding hydrogens is 260 g/mol. The number of imide groups is 2. The zero-order valence-electron chi connectivity index (χ0n) is 11.0. The van der Waals surface area contributed by atoms with Crippen molar-refractivity contribution in [1.82, 2.24) is 10.2 Å². The van der Waals surface area contributed by atoms with Crippen molar-refractivity contribution >= 4 is 23.6 Å². The molecule has 104 valence electrons. The highest BCUT2D eigenvalue weighted by Crippen LogP contribution is 2.29. The zero-order valence-corrected chi connectivity index (χ0v) is 11.0. The van der Waals surface area contributed by atoms with Crippen molar-refractivity contribution in [1.29, 1.82) is 0 Å². The van der Waals surface area contributed by atoms with Gasteiger partial charge in [0.05, 0.1) is 5.57 Å². The van der Waals surface area contributed by atoms with E-state index in [9.17, 15) is 19.2 Å². The second-order valence-corrected chi connectivity index (χ2v) is 4.47. The minimum atomic E-state index is -0.932. The number of hydrogen-bond acceptors (Lipinski definition) is 4. The smallest absolute Gasteiger partial charge is 0.262 e. The maximum Gasteiger partial charge on any atom is 0.262 e. The molecule has 2 aliphatic rings. The highest BCUT2D eigenvalue weighted by atomic mass is 16.2. The summed E-state index contributed by atoms with van der Waals surface area (Å²) in [6, 6.07) is -0.932. The Morgan fingerprint density at radius 3 is 2.40 bits per heavy atom. The van der Waals surface area contributed by atoms with Gasteiger partial charge >= 0.3 is 0 Å². The maximum absolute atomic E-state index is 12.3. The van der Waals surface area contributed by atoms with Gasteiger partial charge < -0.3 is 0 Å². The van der Waals surface area contributed by atoms with Crippen molar-refractivity contribution in [3.05, 3.63) is 36.0 Å². The summed E-state index contributed by atoms with van der Waals surface area (Å²) in [5.41, 5.74) is 0.469. The summed E-state index contributed by atoms with van der Waals surface area (Å²) in [5, 5.41) is 2.14. The molecule has 20 heavy (non-hydrogen) atoms. The topological polar surface area (TPSA) is 83.6 Å². The third-order valence-electron chi connectivity index (χ3n) is 3.28. The maximum atomic E-state index is 12.3. The first-order chi connectivity index (χ1) is 9.51. The Bertz CT molecular complexity index is 586. The summed E-state index contributed by atoms with van der Waals surface area (Å²) < 4.78 is 0. The minimum Gasteiger partial charge on any atom is -0.295 e. The van der Waals surface area contributed by atoms with Crippen molar-refractivity contribution in [3.8, 4) is 0 Å². The number of carbonyl (C=O) groups is 4. The van der Waals surface area contributed by atoms with Gasteiger partial charge in [-0.25, -0.2) is 0 Å². The van der Waals surface area contributed by atoms with E-state index in [0.717, 1.165) is 4.90 Å². The molecule has 0 bridgehead atoms. The van der Waals surface area contributed by atoms with Crippen LogP contribution in [0.1, 0.15) is 19.8 Å². The monoisotopic (exact) mass is 274 g/mol. The molecule has 0 aromatic heterocycles. The van der Waals surface area contributed by atoms with Gasteiger partial charge in [-0.15, -0.1) is 0 Å². The second kappa shape index (κ2) is 5.24. The molecule has 2 aliphatic heterocycles. The summed E-state index contributed by atoms with van der Waals surface area (Å²) in [6.45, 7) is 5.15. The van der Waals surface area contributed by atoms with Crippen LogP contribution in [0.4, 0.5) is 0 Å². The van der Waals surface area contributed by atoms with E-state index in [-0.39, 0.29) is 24.0 Å². The summed E-state index contributed by atoms with van der Waals surface area (Å²) in [4.78, 5) is 48.4. The molecule has 0 unspecified atom stereocenters. The number of nitrogens with zero attached hydrogens (tertiary/aromatic N) is 1. The van der Waals surface area contributed by atoms with Crippen LogP contribution in [-0.4, -0.2) is 34.6 Å². The average molecular weight is 274 g/mol. The summed E-state index contributed by atoms with van der Waals surface area (Å²) in [7, 11) is 0. The normalized spacial score (nSPS) is 27.4. The van der Waals surface area contributed by atoms with Crippen molar-refractivity contribution in [2.75, 3.05) is 0 Å². The average Bonchev–Trinajstić information content (AvgIpc) is 2.63. The van der Waals surface area contributed by atoms with E-state index in [4.69, 9.17) is 0 Å². The Kier molecular flexibility index (Phi) is 3.65. The van der Waals surface area contributed by atoms with Gasteiger partial charge in [-0.3, -0.25) is 29.4 Å². The molecule has 0 aliphatic carbocycles. The fourth-order valence-electron chi connectivity index (χ4n) is 2.35. The molecular formula is C14H14N2O4. The van der Waals surface area contributed by atoms with Crippen molar-refractivity contribution in [3.63, 3.8) is 0 Å². The van der Waals surface area contributed by atoms with Crippen LogP contribution >= 0.6 is 0 Å². The Morgan fingerprint density at radius 1 is 1.20 bits per heavy atom. The second-order valence-electron chi connectivity index (χ2n) is 4.47. The fraction of sp³-hybridized carbons (Fsp3) is 0.286. The molecule has 1 N–H and O–H groups in total. The van der Waals surface area contributed by atoms with E-state index in [2.05, 4.69) is 11.9 Å². The molecule has 0 aromatic carbocycles. The van der Waals surface area contributed by atoms with Crippen molar-refractivity contribution < 1.29 is 19.2 Å². The van der Waals surface area contributed by atoms with Crippen molar-refractivity contribution in [2.45, 2.75) is 25.8 Å². The highest BCUT2D eigenvalue weighted by molar-refractivity contribution is 6.26. The fourth-order valence-corrected chi connectivity index (χ4v) is 2.35. The van der Waals surface area contributed by atoms with E-state index >= 15 is 0 Å². The number of amides is 4. The molecule has 0 spiro atoms. The van der Waals surface area contributed by atoms with Gasteiger partial charge in [-0.05, 0) is 19.4 Å². The molecule has 0 saturated carbocycles. The first-order valence-corrected chi connectivity index (χ1v) is 6.22. The third kappa shape index (κ3) is 2.09. The predicted molar refractivity (Wildman–Crippen MR) is 70.1 cm³/mol. The van der Waals surface area contributed by atoms with Gasteiger partial charge in [0, 0.05) is 12.0 Å². The van der Waals surface area contributed by atoms with Crippen LogP contribution in [0.5, 0.6) is 0 Å². The van der Waals surface area contributed by atoms with E-state index in [1.807, 2.05) is 0 Å². The SMILES string of the molecule is C=C/C=C1/C(=O)N([C@H]2CCC(=O)NC2=O)C(=O)/C1=C/C. The van der Waals surface area contributed by atoms with Crippen molar-refractivity contribution in [2.24, 2.45) is 0 Å². The molecule has 2 saturated heterocycles. The molecule has 6 nitrogen and oxygen atoms in total. The quantitative estimate of drug-likeness (QED) is 0.576. The minimum absolute atomic E-state index is 0.110. The van der Waals surface area contributed by atoms with E-state index in [1.54, 1.807) is 6.92 Å². The molecule has 0 radical (unpaired) electrons. The van der Waals surface area contributed by atoms with Gasteiger partial charge in [-0.2, -0.15) is 0 Å². The lowest BCUT2D eigenvalue weighted by molar-refractivity contribution is -0.149. The van der Waals surface area contributed by atoms with Crippen LogP contribution in [0.25, 0.3) is 0 Å². The van der Waals surface area contributed by atoms with Crippen LogP contribution in [0, 0.1) is 0 Å². The van der Waals surface area contributed by atoms with Crippen LogP contribution < -0.4 is 5.32 Å². The van der Waals surface area contributed by atoms with Gasteiger partial charge in [0.1, 0.15) is 6.04 Å². The predicted octanol–water partition coefficient (Wildman–Crippen LogP) is 0.219. The Hall–Kier alpha value is -2.50. The first-order valence-electron chi connectivity index (χ1n) is 6.22. The molecule has 2 rings (SSSR count). The van der Waals surface area contributed by atoms with Crippen LogP contribution in [0.2, 0.25) is 0 Å². The van der Waals surface area contributed by atoms with Crippen LogP contribution in [-0.2, 0) is 19.2 Å². The number of likely N-dealkylation sites (tertiary alicyclic amines) is 1. The van der Waals surface area contributed by atoms with Gasteiger partial charge in [-0.1, -0.05) is 18.7 Å².